The third-order valence-corrected chi connectivity index (χ3v) is 29.3. The Morgan fingerprint density at radius 2 is 0.836 bits per heavy atom. The monoisotopic (exact) mass is 1710 g/mol. The van der Waals surface area contributed by atoms with Crippen LogP contribution in [0.3, 0.4) is 0 Å². The smallest absolute Gasteiger partial charge is 0.420 e. The van der Waals surface area contributed by atoms with E-state index in [0.717, 1.165) is 101 Å². The maximum absolute atomic E-state index is 12.6. The van der Waals surface area contributed by atoms with Gasteiger partial charge in [-0.25, -0.2) is 22.8 Å². The lowest BCUT2D eigenvalue weighted by molar-refractivity contribution is -0.325. The summed E-state index contributed by atoms with van der Waals surface area (Å²) < 4.78 is 54.3. The van der Waals surface area contributed by atoms with Gasteiger partial charge < -0.3 is 33.4 Å². The molecule has 1 aliphatic heterocycles. The molecule has 8 aliphatic carbocycles. The summed E-state index contributed by atoms with van der Waals surface area (Å²) in [5, 5.41) is 11.1. The van der Waals surface area contributed by atoms with E-state index in [-0.39, 0.29) is 63.8 Å². The SMILES string of the molecule is CC(C)(C)OC(=O)n1c(-c2ccccc2)nc2ccccc21.CCCCCCCCCCCCCCCCCC(=O)OCCN1CCOCC1.O=C1C2CC3CC1CC(C(=O)OCCS(=O)(=O)[O-])(C3)C2.O=C1C2CC3CC1CC(C(=O)[O-])(C3)C2.c1ccc([S+](c2ccccc2)c2ccccc2)cc1.c1ccc([S+](c2ccccc2)c2ccccc2)cc1. The molecular weight excluding hydrogens is 1590 g/mol. The van der Waals surface area contributed by atoms with E-state index in [1.807, 2.05) is 75.4 Å². The van der Waals surface area contributed by atoms with E-state index < -0.39 is 50.3 Å². The van der Waals surface area contributed by atoms with Crippen molar-refractivity contribution in [1.82, 2.24) is 14.5 Å². The summed E-state index contributed by atoms with van der Waals surface area (Å²) >= 11 is 0. The van der Waals surface area contributed by atoms with Gasteiger partial charge in [0.25, 0.3) is 0 Å². The molecule has 0 amide bonds. The molecule has 9 aliphatic rings. The maximum Gasteiger partial charge on any atom is 0.420 e. The van der Waals surface area contributed by atoms with Crippen molar-refractivity contribution in [3.05, 3.63) is 237 Å². The van der Waals surface area contributed by atoms with Gasteiger partial charge in [0, 0.05) is 66.7 Å². The number of ketones is 2. The average Bonchev–Trinajstić information content (AvgIpc) is 1.62. The molecule has 122 heavy (non-hydrogen) atoms. The summed E-state index contributed by atoms with van der Waals surface area (Å²) in [5.41, 5.74) is 0.588. The molecule has 4 atom stereocenters. The van der Waals surface area contributed by atoms with Gasteiger partial charge in [-0.15, -0.1) is 0 Å². The first-order chi connectivity index (χ1) is 59.1. The summed E-state index contributed by atoms with van der Waals surface area (Å²) in [6.45, 7) is 12.3. The minimum absolute atomic E-state index is 0.0146. The number of hydrogen-bond acceptors (Lipinski definition) is 16. The average molecular weight is 1710 g/mol. The molecule has 9 fully saturated rings. The Morgan fingerprint density at radius 1 is 0.475 bits per heavy atom. The van der Waals surface area contributed by atoms with Crippen molar-refractivity contribution >= 4 is 78.5 Å². The Morgan fingerprint density at radius 3 is 1.22 bits per heavy atom. The molecule has 650 valence electrons. The van der Waals surface area contributed by atoms with Gasteiger partial charge >= 0.3 is 18.0 Å². The van der Waals surface area contributed by atoms with Crippen LogP contribution in [0.2, 0.25) is 0 Å². The first-order valence-electron chi connectivity index (χ1n) is 44.5. The van der Waals surface area contributed by atoms with E-state index in [1.54, 1.807) is 0 Å². The number of benzene rings is 8. The van der Waals surface area contributed by atoms with E-state index in [2.05, 4.69) is 199 Å². The molecule has 18 rings (SSSR count). The fourth-order valence-electron chi connectivity index (χ4n) is 18.7. The Hall–Kier alpha value is -9.02. The molecule has 1 saturated heterocycles. The van der Waals surface area contributed by atoms with Crippen LogP contribution in [0.15, 0.2) is 266 Å². The number of fused-ring (bicyclic) bond motifs is 1. The number of esters is 2. The highest BCUT2D eigenvalue weighted by Gasteiger charge is 2.59. The number of morpholine rings is 1. The fourth-order valence-corrected chi connectivity index (χ4v) is 23.2. The normalized spacial score (nSPS) is 20.9. The number of aliphatic carboxylic acids is 1. The zero-order valence-electron chi connectivity index (χ0n) is 71.8. The van der Waals surface area contributed by atoms with Crippen LogP contribution in [0.4, 0.5) is 4.79 Å². The lowest BCUT2D eigenvalue weighted by atomic mass is 9.49. The van der Waals surface area contributed by atoms with Gasteiger partial charge in [0.05, 0.1) is 67.3 Å². The summed E-state index contributed by atoms with van der Waals surface area (Å²) in [6.07, 6.45) is 27.7. The lowest BCUT2D eigenvalue weighted by Crippen LogP contribution is -2.57. The largest absolute Gasteiger partial charge is 0.748 e. The standard InChI is InChI=1S/C24H47NO3.C18H18N2O2.2C18H15S.C13H18O6S.C11H14O3/c1-2-3-4-5-6-7-8-9-10-11-12-13-14-15-16-17-24(26)28-23-20-25-18-21-27-22-19-25;1-18(2,3)22-17(21)20-15-12-8-7-11-14(15)19-16(20)13-9-5-4-6-10-13;2*1-4-10-16(11-5-1)19(17-12-6-2-7-13-17)18-14-8-3-9-15-18;14-11-9-3-8-4-10(11)7-13(5-8,6-9)12(15)19-1-2-20(16,17)18;12-9-7-1-6-2-8(9)5-11(3-6,4-7)10(13)14/h2-23H2,1H3;4-12H,1-3H3;2*1-15H;8-10H,1-7H2,(H,16,17,18);6-8H,1-5H2,(H,13,14)/q;;2*+1;;/p-2. The minimum atomic E-state index is -4.37. The molecule has 0 N–H and O–H groups in total. The summed E-state index contributed by atoms with van der Waals surface area (Å²) in [6, 6.07) is 81.5. The highest BCUT2D eigenvalue weighted by molar-refractivity contribution is 7.97. The fraction of sp³-hybridized carbons (Fsp3) is 0.461. The van der Waals surface area contributed by atoms with Crippen molar-refractivity contribution in [1.29, 1.82) is 0 Å². The molecule has 8 bridgehead atoms. The number of ether oxygens (including phenoxy) is 4. The van der Waals surface area contributed by atoms with Crippen LogP contribution in [-0.4, -0.2) is 120 Å². The number of unbranched alkanes of at least 4 members (excludes halogenated alkanes) is 14. The number of carboxylic acid groups (broad SMARTS) is 1. The number of para-hydroxylation sites is 2. The molecule has 8 saturated carbocycles. The van der Waals surface area contributed by atoms with E-state index in [0.29, 0.717) is 62.2 Å². The molecule has 9 aromatic rings. The first kappa shape index (κ1) is 93.7. The molecule has 8 aromatic carbocycles. The number of carbonyl (C=O) groups is 6. The topological polar surface area (TPSA) is 241 Å². The van der Waals surface area contributed by atoms with Gasteiger partial charge in [-0.2, -0.15) is 0 Å². The Kier molecular flexibility index (Phi) is 36.2. The molecule has 4 unspecified atom stereocenters. The third kappa shape index (κ3) is 28.0. The van der Waals surface area contributed by atoms with Crippen molar-refractivity contribution in [2.24, 2.45) is 46.3 Å². The van der Waals surface area contributed by atoms with Crippen molar-refractivity contribution in [3.63, 3.8) is 0 Å². The number of carbonyl (C=O) groups excluding carboxylic acids is 6. The Balaban J connectivity index is 0.000000144. The first-order valence-corrected chi connectivity index (χ1v) is 48.5. The van der Waals surface area contributed by atoms with Gasteiger partial charge in [0.1, 0.15) is 30.4 Å². The number of nitrogens with zero attached hydrogens (tertiary/aromatic N) is 3. The van der Waals surface area contributed by atoms with E-state index in [9.17, 15) is 46.8 Å². The van der Waals surface area contributed by atoms with E-state index >= 15 is 0 Å². The van der Waals surface area contributed by atoms with Gasteiger partial charge in [-0.1, -0.05) is 248 Å². The number of carboxylic acids is 1. The molecule has 2 heterocycles. The van der Waals surface area contributed by atoms with Crippen molar-refractivity contribution in [2.45, 2.75) is 230 Å². The minimum Gasteiger partial charge on any atom is -0.748 e. The van der Waals surface area contributed by atoms with Crippen LogP contribution in [0.5, 0.6) is 0 Å². The zero-order chi connectivity index (χ0) is 86.2. The zero-order valence-corrected chi connectivity index (χ0v) is 74.3. The lowest BCUT2D eigenvalue weighted by Gasteiger charge is -2.56. The van der Waals surface area contributed by atoms with Gasteiger partial charge in [0.2, 0.25) is 0 Å². The van der Waals surface area contributed by atoms with Crippen LogP contribution in [0.1, 0.15) is 195 Å². The molecule has 0 radical (unpaired) electrons. The summed E-state index contributed by atoms with van der Waals surface area (Å²) in [5.74, 6) is 0.0570. The molecule has 20 heteroatoms. The summed E-state index contributed by atoms with van der Waals surface area (Å²) in [7, 11) is -4.40. The van der Waals surface area contributed by atoms with Gasteiger partial charge in [0.15, 0.2) is 35.2 Å². The Labute approximate surface area is 729 Å². The summed E-state index contributed by atoms with van der Waals surface area (Å²) in [4.78, 5) is 86.6. The van der Waals surface area contributed by atoms with Crippen LogP contribution in [-0.2, 0) is 74.8 Å². The van der Waals surface area contributed by atoms with Crippen LogP contribution < -0.4 is 5.11 Å². The number of Topliss-reactive ketones (excluding diaryl/α,β-unsaturated/α-hetero) is 2. The maximum atomic E-state index is 12.6. The second kappa shape index (κ2) is 47.2. The predicted molar refractivity (Wildman–Crippen MR) is 480 cm³/mol. The highest BCUT2D eigenvalue weighted by Crippen LogP contribution is 2.60. The number of imidazole rings is 1. The molecule has 0 spiro atoms. The predicted octanol–water partition coefficient (Wildman–Crippen LogP) is 20.8. The van der Waals surface area contributed by atoms with Gasteiger partial charge in [-0.3, -0.25) is 24.1 Å². The number of hydrogen-bond donors (Lipinski definition) is 0. The van der Waals surface area contributed by atoms with Crippen molar-refractivity contribution in [3.8, 4) is 11.4 Å². The highest BCUT2D eigenvalue weighted by atomic mass is 32.2. The molecule has 1 aromatic heterocycles. The van der Waals surface area contributed by atoms with Crippen molar-refractivity contribution in [2.75, 3.05) is 51.8 Å². The molecule has 17 nitrogen and oxygen atoms in total. The van der Waals surface area contributed by atoms with E-state index in [1.165, 1.54) is 117 Å². The quantitative estimate of drug-likeness (QED) is 0.0129. The van der Waals surface area contributed by atoms with E-state index in [4.69, 9.17) is 18.9 Å². The second-order valence-corrected chi connectivity index (χ2v) is 40.3. The number of aromatic nitrogens is 2. The Bertz CT molecular complexity index is 4480. The van der Waals surface area contributed by atoms with Crippen molar-refractivity contribution < 1.29 is 65.8 Å². The third-order valence-electron chi connectivity index (χ3n) is 24.2. The van der Waals surface area contributed by atoms with Gasteiger partial charge in [-0.05, 0) is 188 Å². The van der Waals surface area contributed by atoms with Crippen LogP contribution in [0, 0.1) is 46.3 Å². The second-order valence-electron chi connectivity index (χ2n) is 34.7. The van der Waals surface area contributed by atoms with Crippen LogP contribution >= 0.6 is 0 Å². The molecular formula is C102H125N3O14S3. The number of rotatable bonds is 31. The van der Waals surface area contributed by atoms with Crippen LogP contribution in [0.25, 0.3) is 22.4 Å².